The number of aromatic nitrogens is 3. The minimum absolute atomic E-state index is 0.118. The molecule has 3 aromatic rings. The number of nitro benzene ring substituents is 1. The van der Waals surface area contributed by atoms with Crippen molar-refractivity contribution in [3.8, 4) is 0 Å². The largest absolute Gasteiger partial charge is 0.337 e. The Labute approximate surface area is 200 Å². The second-order valence-corrected chi connectivity index (χ2v) is 9.26. The summed E-state index contributed by atoms with van der Waals surface area (Å²) in [4.78, 5) is 28.9. The maximum Gasteiger partial charge on any atom is 0.284 e. The molecule has 1 aliphatic rings. The molecule has 1 fully saturated rings. The topological polar surface area (TPSA) is 97.4 Å². The van der Waals surface area contributed by atoms with E-state index in [0.29, 0.717) is 33.7 Å². The highest BCUT2D eigenvalue weighted by Crippen LogP contribution is 2.34. The quantitative estimate of drug-likeness (QED) is 0.385. The first-order valence-corrected chi connectivity index (χ1v) is 11.7. The van der Waals surface area contributed by atoms with Gasteiger partial charge in [0.15, 0.2) is 5.16 Å². The Morgan fingerprint density at radius 2 is 1.94 bits per heavy atom. The average Bonchev–Trinajstić information content (AvgIpc) is 3.06. The number of rotatable bonds is 6. The minimum atomic E-state index is -0.467. The van der Waals surface area contributed by atoms with Crippen LogP contribution in [0.4, 0.5) is 5.69 Å². The number of halogens is 1. The average molecular weight is 487 g/mol. The third-order valence-corrected chi connectivity index (χ3v) is 6.84. The van der Waals surface area contributed by atoms with Gasteiger partial charge in [0.2, 0.25) is 0 Å². The molecular weight excluding hydrogens is 464 g/mol. The zero-order valence-corrected chi connectivity index (χ0v) is 19.6. The van der Waals surface area contributed by atoms with Gasteiger partial charge in [-0.25, -0.2) is 0 Å². The molecule has 9 nitrogen and oxygen atoms in total. The Morgan fingerprint density at radius 1 is 1.15 bits per heavy atom. The van der Waals surface area contributed by atoms with Crippen molar-refractivity contribution in [1.29, 1.82) is 0 Å². The number of nitro groups is 1. The van der Waals surface area contributed by atoms with Crippen molar-refractivity contribution in [3.63, 3.8) is 0 Å². The summed E-state index contributed by atoms with van der Waals surface area (Å²) in [5.74, 6) is -0.193. The fraction of sp³-hybridized carbons (Fsp3) is 0.318. The highest BCUT2D eigenvalue weighted by molar-refractivity contribution is 7.99. The lowest BCUT2D eigenvalue weighted by Gasteiger charge is -2.22. The lowest BCUT2D eigenvalue weighted by Crippen LogP contribution is -2.35. The van der Waals surface area contributed by atoms with Crippen molar-refractivity contribution in [1.82, 2.24) is 24.6 Å². The van der Waals surface area contributed by atoms with Crippen LogP contribution >= 0.6 is 23.4 Å². The van der Waals surface area contributed by atoms with Crippen LogP contribution in [0.1, 0.15) is 22.3 Å². The molecule has 2 heterocycles. The molecule has 4 rings (SSSR count). The van der Waals surface area contributed by atoms with Crippen LogP contribution in [0.25, 0.3) is 0 Å². The Bertz CT molecular complexity index is 1150. The van der Waals surface area contributed by atoms with Gasteiger partial charge in [0.1, 0.15) is 6.33 Å². The number of hydrogen-bond acceptors (Lipinski definition) is 7. The SMILES string of the molecule is Cn1cnnc1Sc1ccc(C(=O)N2CCCN(Cc3ccc(Cl)cc3)CC2)cc1[N+](=O)[O-]. The maximum atomic E-state index is 13.1. The van der Waals surface area contributed by atoms with E-state index in [4.69, 9.17) is 11.6 Å². The van der Waals surface area contributed by atoms with Crippen molar-refractivity contribution >= 4 is 35.0 Å². The van der Waals surface area contributed by atoms with E-state index in [9.17, 15) is 14.9 Å². The molecule has 1 amide bonds. The van der Waals surface area contributed by atoms with Gasteiger partial charge in [-0.1, -0.05) is 23.7 Å². The number of amides is 1. The minimum Gasteiger partial charge on any atom is -0.337 e. The Morgan fingerprint density at radius 3 is 2.64 bits per heavy atom. The maximum absolute atomic E-state index is 13.1. The number of hydrogen-bond donors (Lipinski definition) is 0. The van der Waals surface area contributed by atoms with Gasteiger partial charge in [-0.15, -0.1) is 10.2 Å². The van der Waals surface area contributed by atoms with Gasteiger partial charge < -0.3 is 9.47 Å². The summed E-state index contributed by atoms with van der Waals surface area (Å²) in [6, 6.07) is 12.4. The van der Waals surface area contributed by atoms with Gasteiger partial charge in [0, 0.05) is 56.4 Å². The Hall–Kier alpha value is -2.95. The summed E-state index contributed by atoms with van der Waals surface area (Å²) >= 11 is 7.11. The molecule has 0 atom stereocenters. The molecule has 2 aromatic carbocycles. The molecule has 0 aliphatic carbocycles. The molecular formula is C22H23ClN6O3S. The second-order valence-electron chi connectivity index (χ2n) is 7.81. The Balaban J connectivity index is 1.44. The first kappa shape index (κ1) is 23.2. The van der Waals surface area contributed by atoms with Crippen LogP contribution in [-0.4, -0.2) is 61.6 Å². The molecule has 0 radical (unpaired) electrons. The molecule has 0 bridgehead atoms. The van der Waals surface area contributed by atoms with E-state index in [1.807, 2.05) is 24.3 Å². The first-order valence-electron chi connectivity index (χ1n) is 10.5. The zero-order chi connectivity index (χ0) is 23.4. The van der Waals surface area contributed by atoms with E-state index in [0.717, 1.165) is 37.8 Å². The molecule has 11 heteroatoms. The number of carbonyl (C=O) groups excluding carboxylic acids is 1. The predicted molar refractivity (Wildman–Crippen MR) is 125 cm³/mol. The van der Waals surface area contributed by atoms with Gasteiger partial charge in [0.05, 0.1) is 9.82 Å². The molecule has 0 N–H and O–H groups in total. The summed E-state index contributed by atoms with van der Waals surface area (Å²) in [5, 5.41) is 20.7. The Kier molecular flexibility index (Phi) is 7.26. The fourth-order valence-electron chi connectivity index (χ4n) is 3.71. The first-order chi connectivity index (χ1) is 15.9. The smallest absolute Gasteiger partial charge is 0.284 e. The highest BCUT2D eigenvalue weighted by Gasteiger charge is 2.24. The van der Waals surface area contributed by atoms with E-state index in [-0.39, 0.29) is 11.6 Å². The molecule has 0 spiro atoms. The van der Waals surface area contributed by atoms with Crippen molar-refractivity contribution in [3.05, 3.63) is 75.1 Å². The van der Waals surface area contributed by atoms with E-state index in [1.54, 1.807) is 28.6 Å². The van der Waals surface area contributed by atoms with Crippen LogP contribution in [0.3, 0.4) is 0 Å². The summed E-state index contributed by atoms with van der Waals surface area (Å²) in [5.41, 5.74) is 1.37. The summed E-state index contributed by atoms with van der Waals surface area (Å²) < 4.78 is 1.68. The molecule has 1 saturated heterocycles. The molecule has 1 aliphatic heterocycles. The van der Waals surface area contributed by atoms with Gasteiger partial charge >= 0.3 is 0 Å². The van der Waals surface area contributed by atoms with Crippen LogP contribution in [0.5, 0.6) is 0 Å². The highest BCUT2D eigenvalue weighted by atomic mass is 35.5. The normalized spacial score (nSPS) is 14.8. The van der Waals surface area contributed by atoms with Crippen LogP contribution < -0.4 is 0 Å². The predicted octanol–water partition coefficient (Wildman–Crippen LogP) is 3.88. The molecule has 33 heavy (non-hydrogen) atoms. The van der Waals surface area contributed by atoms with Crippen LogP contribution in [0.15, 0.2) is 58.8 Å². The summed E-state index contributed by atoms with van der Waals surface area (Å²) in [6.07, 6.45) is 2.36. The standard InChI is InChI=1S/C22H23ClN6O3S/c1-26-15-24-25-22(26)33-20-8-5-17(13-19(20)29(31)32)21(30)28-10-2-9-27(11-12-28)14-16-3-6-18(23)7-4-16/h3-8,13,15H,2,9-12,14H2,1H3. The third-order valence-electron chi connectivity index (χ3n) is 5.47. The zero-order valence-electron chi connectivity index (χ0n) is 18.1. The molecule has 172 valence electrons. The van der Waals surface area contributed by atoms with Gasteiger partial charge in [-0.05, 0) is 48.0 Å². The number of aryl methyl sites for hydroxylation is 1. The van der Waals surface area contributed by atoms with Gasteiger partial charge in [-0.3, -0.25) is 19.8 Å². The summed E-state index contributed by atoms with van der Waals surface area (Å²) in [6.45, 7) is 3.57. The van der Waals surface area contributed by atoms with Crippen molar-refractivity contribution < 1.29 is 9.72 Å². The van der Waals surface area contributed by atoms with E-state index in [2.05, 4.69) is 15.1 Å². The molecule has 1 aromatic heterocycles. The molecule has 0 unspecified atom stereocenters. The molecule has 0 saturated carbocycles. The number of benzene rings is 2. The second kappa shape index (κ2) is 10.3. The van der Waals surface area contributed by atoms with Crippen LogP contribution in [0, 0.1) is 10.1 Å². The fourth-order valence-corrected chi connectivity index (χ4v) is 4.68. The third kappa shape index (κ3) is 5.70. The van der Waals surface area contributed by atoms with Crippen LogP contribution in [0.2, 0.25) is 5.02 Å². The van der Waals surface area contributed by atoms with E-state index >= 15 is 0 Å². The summed E-state index contributed by atoms with van der Waals surface area (Å²) in [7, 11) is 1.77. The van der Waals surface area contributed by atoms with E-state index in [1.165, 1.54) is 18.0 Å². The van der Waals surface area contributed by atoms with Gasteiger partial charge in [0.25, 0.3) is 11.6 Å². The lowest BCUT2D eigenvalue weighted by atomic mass is 10.1. The van der Waals surface area contributed by atoms with Gasteiger partial charge in [-0.2, -0.15) is 0 Å². The number of nitrogens with zero attached hydrogens (tertiary/aromatic N) is 6. The van der Waals surface area contributed by atoms with Crippen molar-refractivity contribution in [2.75, 3.05) is 26.2 Å². The van der Waals surface area contributed by atoms with E-state index < -0.39 is 4.92 Å². The lowest BCUT2D eigenvalue weighted by molar-refractivity contribution is -0.387. The van der Waals surface area contributed by atoms with Crippen molar-refractivity contribution in [2.24, 2.45) is 7.05 Å². The van der Waals surface area contributed by atoms with Crippen molar-refractivity contribution in [2.45, 2.75) is 23.0 Å². The number of carbonyl (C=O) groups is 1. The monoisotopic (exact) mass is 486 g/mol. The van der Waals surface area contributed by atoms with Crippen LogP contribution in [-0.2, 0) is 13.6 Å².